The maximum atomic E-state index is 10.8. The summed E-state index contributed by atoms with van der Waals surface area (Å²) in [5, 5.41) is 0. The van der Waals surface area contributed by atoms with Gasteiger partial charge in [-0.1, -0.05) is 0 Å². The van der Waals surface area contributed by atoms with Gasteiger partial charge in [0, 0.05) is 30.6 Å². The van der Waals surface area contributed by atoms with E-state index in [2.05, 4.69) is 11.9 Å². The summed E-state index contributed by atoms with van der Waals surface area (Å²) in [6, 6.07) is 1.00. The van der Waals surface area contributed by atoms with Gasteiger partial charge in [0.1, 0.15) is 0 Å². The van der Waals surface area contributed by atoms with Crippen LogP contribution in [-0.2, 0) is 9.53 Å². The van der Waals surface area contributed by atoms with Gasteiger partial charge in [-0.3, -0.25) is 9.69 Å². The fourth-order valence-electron chi connectivity index (χ4n) is 3.32. The molecule has 14 heavy (non-hydrogen) atoms. The lowest BCUT2D eigenvalue weighted by atomic mass is 9.58. The van der Waals surface area contributed by atoms with Gasteiger partial charge in [-0.2, -0.15) is 0 Å². The molecular formula is C10H16N2O2. The largest absolute Gasteiger partial charge is 0.380 e. The van der Waals surface area contributed by atoms with E-state index >= 15 is 0 Å². The lowest BCUT2D eigenvalue weighted by Crippen LogP contribution is -2.77. The maximum absolute atomic E-state index is 10.8. The Morgan fingerprint density at radius 2 is 2.21 bits per heavy atom. The van der Waals surface area contributed by atoms with Crippen molar-refractivity contribution >= 4 is 6.41 Å². The zero-order valence-electron chi connectivity index (χ0n) is 8.48. The standard InChI is InChI=1S/C10H16N2O2/c1-11-2-3-12(7-13)8-4-10(9(8)11)5-14-6-10/h7-9H,2-6H2,1H3. The molecule has 2 aliphatic heterocycles. The molecule has 0 radical (unpaired) electrons. The summed E-state index contributed by atoms with van der Waals surface area (Å²) in [6.07, 6.45) is 2.15. The number of amides is 1. The van der Waals surface area contributed by atoms with Gasteiger partial charge in [-0.15, -0.1) is 0 Å². The Labute approximate surface area is 83.8 Å². The lowest BCUT2D eigenvalue weighted by Gasteiger charge is -2.66. The number of piperazine rings is 1. The monoisotopic (exact) mass is 196 g/mol. The molecule has 1 saturated carbocycles. The van der Waals surface area contributed by atoms with Crippen LogP contribution < -0.4 is 0 Å². The average molecular weight is 196 g/mol. The van der Waals surface area contributed by atoms with Gasteiger partial charge < -0.3 is 9.64 Å². The summed E-state index contributed by atoms with van der Waals surface area (Å²) in [6.45, 7) is 3.68. The second kappa shape index (κ2) is 2.70. The highest BCUT2D eigenvalue weighted by molar-refractivity contribution is 5.49. The highest BCUT2D eigenvalue weighted by Crippen LogP contribution is 2.52. The quantitative estimate of drug-likeness (QED) is 0.532. The first-order chi connectivity index (χ1) is 6.77. The number of hydrogen-bond donors (Lipinski definition) is 0. The molecule has 2 heterocycles. The topological polar surface area (TPSA) is 32.8 Å². The van der Waals surface area contributed by atoms with E-state index in [1.807, 2.05) is 4.90 Å². The van der Waals surface area contributed by atoms with E-state index in [-0.39, 0.29) is 0 Å². The van der Waals surface area contributed by atoms with Crippen molar-refractivity contribution in [1.82, 2.24) is 9.80 Å². The summed E-state index contributed by atoms with van der Waals surface area (Å²) in [4.78, 5) is 15.2. The molecule has 1 spiro atoms. The van der Waals surface area contributed by atoms with Crippen molar-refractivity contribution in [1.29, 1.82) is 0 Å². The summed E-state index contributed by atoms with van der Waals surface area (Å²) < 4.78 is 5.31. The van der Waals surface area contributed by atoms with Gasteiger partial charge in [-0.05, 0) is 13.5 Å². The van der Waals surface area contributed by atoms with Crippen LogP contribution in [-0.4, -0.2) is 61.6 Å². The molecule has 0 aromatic carbocycles. The first-order valence-electron chi connectivity index (χ1n) is 5.26. The van der Waals surface area contributed by atoms with Gasteiger partial charge in [0.15, 0.2) is 0 Å². The van der Waals surface area contributed by atoms with Crippen molar-refractivity contribution < 1.29 is 9.53 Å². The maximum Gasteiger partial charge on any atom is 0.210 e. The van der Waals surface area contributed by atoms with Gasteiger partial charge in [0.05, 0.1) is 13.2 Å². The van der Waals surface area contributed by atoms with E-state index in [1.165, 1.54) is 0 Å². The molecule has 78 valence electrons. The number of carbonyl (C=O) groups excluding carboxylic acids is 1. The highest BCUT2D eigenvalue weighted by atomic mass is 16.5. The number of likely N-dealkylation sites (N-methyl/N-ethyl adjacent to an activating group) is 1. The molecule has 2 saturated heterocycles. The Morgan fingerprint density at radius 1 is 1.43 bits per heavy atom. The van der Waals surface area contributed by atoms with Crippen LogP contribution in [0.2, 0.25) is 0 Å². The number of hydrogen-bond acceptors (Lipinski definition) is 3. The predicted molar refractivity (Wildman–Crippen MR) is 50.8 cm³/mol. The van der Waals surface area contributed by atoms with Gasteiger partial charge >= 0.3 is 0 Å². The van der Waals surface area contributed by atoms with Crippen molar-refractivity contribution in [3.63, 3.8) is 0 Å². The van der Waals surface area contributed by atoms with Crippen molar-refractivity contribution in [3.05, 3.63) is 0 Å². The highest BCUT2D eigenvalue weighted by Gasteiger charge is 2.62. The molecule has 2 unspecified atom stereocenters. The molecule has 0 N–H and O–H groups in total. The fourth-order valence-corrected chi connectivity index (χ4v) is 3.32. The minimum atomic E-state index is 0.390. The van der Waals surface area contributed by atoms with Crippen LogP contribution in [0.1, 0.15) is 6.42 Å². The van der Waals surface area contributed by atoms with E-state index in [4.69, 9.17) is 4.74 Å². The van der Waals surface area contributed by atoms with Crippen LogP contribution in [0.4, 0.5) is 0 Å². The minimum absolute atomic E-state index is 0.390. The summed E-state index contributed by atoms with van der Waals surface area (Å²) in [5.41, 5.74) is 0.390. The third-order valence-corrected chi connectivity index (χ3v) is 4.13. The SMILES string of the molecule is CN1CCN(C=O)C2CC3(COC3)C21. The Balaban J connectivity index is 1.80. The molecule has 3 fully saturated rings. The molecule has 0 bridgehead atoms. The smallest absolute Gasteiger partial charge is 0.210 e. The van der Waals surface area contributed by atoms with E-state index < -0.39 is 0 Å². The van der Waals surface area contributed by atoms with E-state index in [9.17, 15) is 4.79 Å². The van der Waals surface area contributed by atoms with Crippen molar-refractivity contribution in [2.45, 2.75) is 18.5 Å². The molecule has 0 aromatic heterocycles. The van der Waals surface area contributed by atoms with Crippen molar-refractivity contribution in [2.24, 2.45) is 5.41 Å². The Kier molecular flexibility index (Phi) is 1.67. The summed E-state index contributed by atoms with van der Waals surface area (Å²) >= 11 is 0. The molecule has 1 aliphatic carbocycles. The van der Waals surface area contributed by atoms with Gasteiger partial charge in [0.25, 0.3) is 0 Å². The predicted octanol–water partition coefficient (Wildman–Crippen LogP) is -0.452. The van der Waals surface area contributed by atoms with Crippen LogP contribution in [0.25, 0.3) is 0 Å². The molecule has 4 nitrogen and oxygen atoms in total. The second-order valence-corrected chi connectivity index (χ2v) is 4.90. The molecule has 3 rings (SSSR count). The minimum Gasteiger partial charge on any atom is -0.380 e. The molecule has 0 aromatic rings. The number of fused-ring (bicyclic) bond motifs is 2. The molecule has 4 heteroatoms. The first kappa shape index (κ1) is 8.68. The van der Waals surface area contributed by atoms with Crippen LogP contribution in [0.3, 0.4) is 0 Å². The molecular weight excluding hydrogens is 180 g/mol. The zero-order chi connectivity index (χ0) is 9.76. The zero-order valence-corrected chi connectivity index (χ0v) is 8.48. The number of ether oxygens (including phenoxy) is 1. The summed E-state index contributed by atoms with van der Waals surface area (Å²) in [7, 11) is 2.17. The fraction of sp³-hybridized carbons (Fsp3) is 0.900. The Hall–Kier alpha value is -0.610. The second-order valence-electron chi connectivity index (χ2n) is 4.90. The van der Waals surface area contributed by atoms with Crippen LogP contribution in [0, 0.1) is 5.41 Å². The van der Waals surface area contributed by atoms with E-state index in [0.29, 0.717) is 17.5 Å². The van der Waals surface area contributed by atoms with Gasteiger partial charge in [0.2, 0.25) is 6.41 Å². The number of nitrogens with zero attached hydrogens (tertiary/aromatic N) is 2. The van der Waals surface area contributed by atoms with Crippen LogP contribution in [0.15, 0.2) is 0 Å². The lowest BCUT2D eigenvalue weighted by molar-refractivity contribution is -0.239. The first-order valence-corrected chi connectivity index (χ1v) is 5.26. The van der Waals surface area contributed by atoms with Crippen LogP contribution >= 0.6 is 0 Å². The molecule has 1 amide bonds. The van der Waals surface area contributed by atoms with Gasteiger partial charge in [-0.25, -0.2) is 0 Å². The van der Waals surface area contributed by atoms with E-state index in [1.54, 1.807) is 0 Å². The summed E-state index contributed by atoms with van der Waals surface area (Å²) in [5.74, 6) is 0. The molecule has 2 atom stereocenters. The average Bonchev–Trinajstić information content (AvgIpc) is 2.04. The Morgan fingerprint density at radius 3 is 2.79 bits per heavy atom. The van der Waals surface area contributed by atoms with E-state index in [0.717, 1.165) is 39.1 Å². The molecule has 3 aliphatic rings. The number of rotatable bonds is 1. The van der Waals surface area contributed by atoms with Crippen LogP contribution in [0.5, 0.6) is 0 Å². The normalized spacial score (nSPS) is 39.9. The third kappa shape index (κ3) is 0.880. The van der Waals surface area contributed by atoms with Crippen molar-refractivity contribution in [3.8, 4) is 0 Å². The third-order valence-electron chi connectivity index (χ3n) is 4.13. The Bertz CT molecular complexity index is 265. The number of carbonyl (C=O) groups is 1. The van der Waals surface area contributed by atoms with Crippen molar-refractivity contribution in [2.75, 3.05) is 33.4 Å².